The Morgan fingerprint density at radius 1 is 0.581 bits per heavy atom. The molecule has 0 aromatic heterocycles. The largest absolute Gasteiger partial charge is 0.147 e. The SMILES string of the molecule is CC1=Cc2c(-c3ccccc3)cccc2[CH]1[Zr]([CH3])([CH3])(=[SiH2])[CH]1c2cc(C(C)(C)C)ccc2-c2ccc(C(C)(C)C)cc21.Cl.Cl. The van der Waals surface area contributed by atoms with Crippen LogP contribution in [0.25, 0.3) is 28.3 Å². The maximum absolute atomic E-state index is 3.70. The van der Waals surface area contributed by atoms with Crippen molar-refractivity contribution in [3.8, 4) is 22.3 Å². The van der Waals surface area contributed by atoms with Crippen LogP contribution in [0.4, 0.5) is 0 Å². The van der Waals surface area contributed by atoms with Gasteiger partial charge in [0.1, 0.15) is 0 Å². The summed E-state index contributed by atoms with van der Waals surface area (Å²) in [5.74, 6) is 0. The summed E-state index contributed by atoms with van der Waals surface area (Å²) >= 11 is -3.70. The quantitative estimate of drug-likeness (QED) is 0.186. The molecule has 1 atom stereocenters. The van der Waals surface area contributed by atoms with Gasteiger partial charge < -0.3 is 0 Å². The Bertz CT molecular complexity index is 1730. The minimum absolute atomic E-state index is 0. The monoisotopic (exact) mass is 704 g/mol. The summed E-state index contributed by atoms with van der Waals surface area (Å²) in [7, 11) is 0. The van der Waals surface area contributed by atoms with E-state index in [0.29, 0.717) is 7.25 Å². The molecule has 4 aromatic carbocycles. The van der Waals surface area contributed by atoms with Gasteiger partial charge in [0.15, 0.2) is 0 Å². The number of benzene rings is 4. The van der Waals surface area contributed by atoms with Crippen molar-refractivity contribution in [2.24, 2.45) is 0 Å². The van der Waals surface area contributed by atoms with Crippen molar-refractivity contribution >= 4 is 37.8 Å². The molecule has 0 nitrogen and oxygen atoms in total. The van der Waals surface area contributed by atoms with E-state index in [2.05, 4.69) is 156 Å². The van der Waals surface area contributed by atoms with Crippen LogP contribution in [0.1, 0.15) is 89.1 Å². The fourth-order valence-corrected chi connectivity index (χ4v) is 27.9. The van der Waals surface area contributed by atoms with Crippen molar-refractivity contribution in [1.29, 1.82) is 0 Å². The third-order valence-electron chi connectivity index (χ3n) is 10.0. The van der Waals surface area contributed by atoms with Gasteiger partial charge in [0.2, 0.25) is 0 Å². The molecular weight excluding hydrogens is 659 g/mol. The van der Waals surface area contributed by atoms with E-state index >= 15 is 0 Å². The van der Waals surface area contributed by atoms with E-state index in [9.17, 15) is 0 Å². The molecule has 0 saturated heterocycles. The van der Waals surface area contributed by atoms with Gasteiger partial charge in [0, 0.05) is 0 Å². The molecule has 0 heterocycles. The maximum atomic E-state index is 2.77. The zero-order chi connectivity index (χ0) is 29.6. The van der Waals surface area contributed by atoms with Crippen molar-refractivity contribution in [2.75, 3.05) is 0 Å². The van der Waals surface area contributed by atoms with Gasteiger partial charge in [-0.15, -0.1) is 24.8 Å². The molecule has 0 aliphatic heterocycles. The molecule has 1 unspecified atom stereocenters. The second-order valence-electron chi connectivity index (χ2n) is 16.0. The molecule has 226 valence electrons. The van der Waals surface area contributed by atoms with Crippen molar-refractivity contribution in [1.82, 2.24) is 0 Å². The summed E-state index contributed by atoms with van der Waals surface area (Å²) in [4.78, 5) is 0. The minimum atomic E-state index is -3.70. The number of hydrogen-bond acceptors (Lipinski definition) is 0. The molecule has 4 aromatic rings. The van der Waals surface area contributed by atoms with Crippen LogP contribution in [0.5, 0.6) is 0 Å². The Labute approximate surface area is 275 Å². The van der Waals surface area contributed by atoms with E-state index in [1.165, 1.54) is 38.9 Å². The summed E-state index contributed by atoms with van der Waals surface area (Å²) in [6.07, 6.45) is 2.53. The number of halogens is 2. The molecule has 0 N–H and O–H groups in total. The smallest absolute Gasteiger partial charge is 0.147 e. The first-order valence-corrected chi connectivity index (χ1v) is 29.0. The summed E-state index contributed by atoms with van der Waals surface area (Å²) in [5, 5.41) is 0. The summed E-state index contributed by atoms with van der Waals surface area (Å²) in [6.45, 7) is 19.0. The van der Waals surface area contributed by atoms with Gasteiger partial charge >= 0.3 is 252 Å². The molecule has 0 spiro atoms. The van der Waals surface area contributed by atoms with Gasteiger partial charge in [0.25, 0.3) is 0 Å². The predicted molar refractivity (Wildman–Crippen MR) is 194 cm³/mol. The molecular formula is C39H48Cl2SiZr. The Morgan fingerprint density at radius 2 is 1.09 bits per heavy atom. The molecule has 43 heavy (non-hydrogen) atoms. The number of fused-ring (bicyclic) bond motifs is 4. The average molecular weight is 707 g/mol. The molecule has 2 aliphatic rings. The Hall–Kier alpha value is -1.70. The Kier molecular flexibility index (Phi) is 8.96. The van der Waals surface area contributed by atoms with Crippen LogP contribution in [0.2, 0.25) is 9.26 Å². The number of hydrogen-bond donors (Lipinski definition) is 0. The number of allylic oxidation sites excluding steroid dienone is 1. The van der Waals surface area contributed by atoms with Crippen LogP contribution in [0.15, 0.2) is 90.5 Å². The van der Waals surface area contributed by atoms with Crippen LogP contribution < -0.4 is 0 Å². The number of rotatable bonds is 3. The van der Waals surface area contributed by atoms with Gasteiger partial charge in [-0.2, -0.15) is 0 Å². The molecule has 2 aliphatic carbocycles. The topological polar surface area (TPSA) is 0 Å². The Balaban J connectivity index is 0.00000212. The zero-order valence-corrected chi connectivity index (χ0v) is 32.8. The van der Waals surface area contributed by atoms with Gasteiger partial charge in [-0.25, -0.2) is 0 Å². The van der Waals surface area contributed by atoms with Crippen LogP contribution >= 0.6 is 24.8 Å². The van der Waals surface area contributed by atoms with Crippen LogP contribution in [0, 0.1) is 0 Å². The zero-order valence-electron chi connectivity index (χ0n) is 27.3. The molecule has 0 saturated carbocycles. The van der Waals surface area contributed by atoms with Gasteiger partial charge in [-0.3, -0.25) is 0 Å². The predicted octanol–water partition coefficient (Wildman–Crippen LogP) is 11.4. The fraction of sp³-hybridized carbons (Fsp3) is 0.333. The minimum Gasteiger partial charge on any atom is -0.147 e. The van der Waals surface area contributed by atoms with Crippen molar-refractivity contribution in [3.63, 3.8) is 0 Å². The van der Waals surface area contributed by atoms with E-state index in [1.54, 1.807) is 22.3 Å². The summed E-state index contributed by atoms with van der Waals surface area (Å²) in [5.41, 5.74) is 16.5. The van der Waals surface area contributed by atoms with Crippen LogP contribution in [0.3, 0.4) is 0 Å². The van der Waals surface area contributed by atoms with E-state index in [4.69, 9.17) is 0 Å². The van der Waals surface area contributed by atoms with Gasteiger partial charge in [0.05, 0.1) is 0 Å². The van der Waals surface area contributed by atoms with Crippen LogP contribution in [-0.4, -0.2) is 6.88 Å². The Morgan fingerprint density at radius 3 is 1.58 bits per heavy atom. The molecule has 0 bridgehead atoms. The van der Waals surface area contributed by atoms with Crippen molar-refractivity contribution in [2.45, 2.75) is 75.8 Å². The second kappa shape index (κ2) is 11.3. The third-order valence-corrected chi connectivity index (χ3v) is 27.6. The second-order valence-corrected chi connectivity index (χ2v) is 46.4. The summed E-state index contributed by atoms with van der Waals surface area (Å²) in [6, 6.07) is 32.9. The van der Waals surface area contributed by atoms with Crippen molar-refractivity contribution in [3.05, 3.63) is 124 Å². The van der Waals surface area contributed by atoms with Gasteiger partial charge in [-0.1, -0.05) is 0 Å². The van der Waals surface area contributed by atoms with Gasteiger partial charge in [-0.05, 0) is 0 Å². The third kappa shape index (κ3) is 5.65. The van der Waals surface area contributed by atoms with E-state index in [0.717, 1.165) is 0 Å². The first kappa shape index (κ1) is 34.2. The maximum Gasteiger partial charge on any atom is -0.147 e. The fourth-order valence-electron chi connectivity index (χ4n) is 8.06. The summed E-state index contributed by atoms with van der Waals surface area (Å²) < 4.78 is 6.52. The molecule has 6 rings (SSSR count). The van der Waals surface area contributed by atoms with E-state index in [-0.39, 0.29) is 35.6 Å². The molecule has 0 radical (unpaired) electrons. The van der Waals surface area contributed by atoms with E-state index in [1.807, 2.05) is 0 Å². The van der Waals surface area contributed by atoms with Crippen LogP contribution in [-0.2, 0) is 28.2 Å². The molecule has 0 fully saturated rings. The molecule has 4 heteroatoms. The molecule has 0 amide bonds. The average Bonchev–Trinajstić information content (AvgIpc) is 3.42. The van der Waals surface area contributed by atoms with E-state index < -0.39 is 17.4 Å². The first-order chi connectivity index (χ1) is 19.1. The first-order valence-electron chi connectivity index (χ1n) is 15.3. The van der Waals surface area contributed by atoms with Crippen molar-refractivity contribution < 1.29 is 17.4 Å². The standard InChI is InChI=1S/C21H25.C16H13.2CH3.2ClH.H2Si.Zr/c1-20(2,3)16-7-9-18-14(12-16)11-15-13-17(21(4,5)6)8-10-19(15)18;1-12-10-14-8-5-9-15(16(14)11-12)13-6-3-2-4-7-13;;;;;;/h7-13H,1-6H3;2-11H,1H3;2*1H3;2*1H;1H2;. The normalized spacial score (nSPS) is 16.4.